The van der Waals surface area contributed by atoms with Gasteiger partial charge >= 0.3 is 0 Å². The van der Waals surface area contributed by atoms with Crippen molar-refractivity contribution in [2.45, 2.75) is 24.7 Å². The molecule has 0 radical (unpaired) electrons. The van der Waals surface area contributed by atoms with Gasteiger partial charge in [-0.2, -0.15) is 5.10 Å². The van der Waals surface area contributed by atoms with E-state index in [1.165, 1.54) is 0 Å². The van der Waals surface area contributed by atoms with Crippen molar-refractivity contribution in [1.82, 2.24) is 15.2 Å². The molecule has 6 nitrogen and oxygen atoms in total. The Morgan fingerprint density at radius 3 is 2.95 bits per heavy atom. The first-order chi connectivity index (χ1) is 10.6. The number of aromatic amines is 1. The average Bonchev–Trinajstić information content (AvgIpc) is 2.93. The van der Waals surface area contributed by atoms with Crippen LogP contribution in [0.25, 0.3) is 10.8 Å². The first-order valence-corrected chi connectivity index (χ1v) is 8.48. The smallest absolute Gasteiger partial charge is 0.263 e. The lowest BCUT2D eigenvalue weighted by molar-refractivity contribution is 0.602. The van der Waals surface area contributed by atoms with Gasteiger partial charge in [-0.15, -0.1) is 0 Å². The topological polar surface area (TPSA) is 87.7 Å². The number of nitrogens with zero attached hydrogens (tertiary/aromatic N) is 2. The van der Waals surface area contributed by atoms with E-state index < -0.39 is 10.0 Å². The van der Waals surface area contributed by atoms with Crippen molar-refractivity contribution in [1.29, 1.82) is 0 Å². The molecule has 2 N–H and O–H groups in total. The number of nitrogens with one attached hydrogen (secondary N) is 2. The largest absolute Gasteiger partial charge is 0.280 e. The van der Waals surface area contributed by atoms with Crippen LogP contribution in [0.3, 0.4) is 0 Å². The molecule has 0 saturated heterocycles. The van der Waals surface area contributed by atoms with Crippen molar-refractivity contribution in [3.63, 3.8) is 0 Å². The highest BCUT2D eigenvalue weighted by molar-refractivity contribution is 7.93. The maximum Gasteiger partial charge on any atom is 0.263 e. The Labute approximate surface area is 128 Å². The number of aryl methyl sites for hydroxylation is 1. The third-order valence-electron chi connectivity index (χ3n) is 3.32. The van der Waals surface area contributed by atoms with Crippen LogP contribution >= 0.6 is 0 Å². The second-order valence-electron chi connectivity index (χ2n) is 4.99. The van der Waals surface area contributed by atoms with Crippen molar-refractivity contribution in [3.05, 3.63) is 48.4 Å². The summed E-state index contributed by atoms with van der Waals surface area (Å²) in [6.07, 6.45) is 5.01. The molecule has 22 heavy (non-hydrogen) atoms. The van der Waals surface area contributed by atoms with Gasteiger partial charge < -0.3 is 0 Å². The number of anilines is 1. The molecule has 0 unspecified atom stereocenters. The SMILES string of the molecule is CCCc1cc(NS(=O)(=O)c2cccc3cnccc23)n[nH]1. The van der Waals surface area contributed by atoms with Crippen LogP contribution in [0.4, 0.5) is 5.82 Å². The fourth-order valence-electron chi connectivity index (χ4n) is 2.33. The number of fused-ring (bicyclic) bond motifs is 1. The molecule has 0 aliphatic carbocycles. The molecule has 2 aromatic heterocycles. The van der Waals surface area contributed by atoms with Gasteiger partial charge in [0.25, 0.3) is 10.0 Å². The molecule has 1 aromatic carbocycles. The summed E-state index contributed by atoms with van der Waals surface area (Å²) in [6.45, 7) is 2.05. The number of rotatable bonds is 5. The number of hydrogen-bond acceptors (Lipinski definition) is 4. The highest BCUT2D eigenvalue weighted by Gasteiger charge is 2.18. The zero-order valence-corrected chi connectivity index (χ0v) is 12.9. The number of pyridine rings is 1. The summed E-state index contributed by atoms with van der Waals surface area (Å²) in [7, 11) is -3.70. The highest BCUT2D eigenvalue weighted by Crippen LogP contribution is 2.24. The second kappa shape index (κ2) is 5.76. The normalized spacial score (nSPS) is 11.7. The molecule has 0 spiro atoms. The van der Waals surface area contributed by atoms with Gasteiger partial charge in [0.2, 0.25) is 0 Å². The second-order valence-corrected chi connectivity index (χ2v) is 6.64. The minimum atomic E-state index is -3.70. The molecule has 0 atom stereocenters. The van der Waals surface area contributed by atoms with Gasteiger partial charge in [0.15, 0.2) is 5.82 Å². The highest BCUT2D eigenvalue weighted by atomic mass is 32.2. The van der Waals surface area contributed by atoms with Crippen LogP contribution in [0.15, 0.2) is 47.6 Å². The first kappa shape index (κ1) is 14.5. The Morgan fingerprint density at radius 2 is 2.14 bits per heavy atom. The van der Waals surface area contributed by atoms with E-state index in [0.29, 0.717) is 11.2 Å². The van der Waals surface area contributed by atoms with Crippen LogP contribution < -0.4 is 4.72 Å². The van der Waals surface area contributed by atoms with Gasteiger partial charge in [-0.3, -0.25) is 14.8 Å². The Morgan fingerprint density at radius 1 is 1.27 bits per heavy atom. The molecule has 0 fully saturated rings. The summed E-state index contributed by atoms with van der Waals surface area (Å²) in [5.74, 6) is 0.300. The van der Waals surface area contributed by atoms with Crippen molar-refractivity contribution >= 4 is 26.6 Å². The van der Waals surface area contributed by atoms with Crippen LogP contribution in [0.5, 0.6) is 0 Å². The number of sulfonamides is 1. The molecule has 0 aliphatic rings. The van der Waals surface area contributed by atoms with Crippen LogP contribution in [0.2, 0.25) is 0 Å². The van der Waals surface area contributed by atoms with E-state index in [2.05, 4.69) is 26.8 Å². The molecule has 3 rings (SSSR count). The lowest BCUT2D eigenvalue weighted by atomic mass is 10.2. The van der Waals surface area contributed by atoms with Crippen molar-refractivity contribution in [2.75, 3.05) is 4.72 Å². The van der Waals surface area contributed by atoms with E-state index in [4.69, 9.17) is 0 Å². The molecule has 0 amide bonds. The van der Waals surface area contributed by atoms with Crippen LogP contribution in [-0.2, 0) is 16.4 Å². The Hall–Kier alpha value is -2.41. The number of aromatic nitrogens is 3. The van der Waals surface area contributed by atoms with E-state index in [-0.39, 0.29) is 4.90 Å². The van der Waals surface area contributed by atoms with E-state index in [0.717, 1.165) is 23.9 Å². The lowest BCUT2D eigenvalue weighted by Crippen LogP contribution is -2.13. The van der Waals surface area contributed by atoms with Gasteiger partial charge in [-0.25, -0.2) is 8.42 Å². The van der Waals surface area contributed by atoms with Crippen molar-refractivity contribution in [2.24, 2.45) is 0 Å². The van der Waals surface area contributed by atoms with Crippen molar-refractivity contribution in [3.8, 4) is 0 Å². The maximum absolute atomic E-state index is 12.6. The standard InChI is InChI=1S/C15H16N4O2S/c1-2-4-12-9-15(18-17-12)19-22(20,21)14-6-3-5-11-10-16-8-7-13(11)14/h3,5-10H,2,4H2,1H3,(H2,17,18,19). The number of hydrogen-bond donors (Lipinski definition) is 2. The number of benzene rings is 1. The molecule has 0 saturated carbocycles. The van der Waals surface area contributed by atoms with E-state index in [1.807, 2.05) is 6.07 Å². The van der Waals surface area contributed by atoms with Gasteiger partial charge in [-0.05, 0) is 18.6 Å². The Kier molecular flexibility index (Phi) is 3.81. The molecular weight excluding hydrogens is 300 g/mol. The average molecular weight is 316 g/mol. The number of H-pyrrole nitrogens is 1. The quantitative estimate of drug-likeness (QED) is 0.757. The molecule has 0 bridgehead atoms. The summed E-state index contributed by atoms with van der Waals surface area (Å²) in [5, 5.41) is 8.24. The lowest BCUT2D eigenvalue weighted by Gasteiger charge is -2.08. The fraction of sp³-hybridized carbons (Fsp3) is 0.200. The molecule has 2 heterocycles. The minimum Gasteiger partial charge on any atom is -0.280 e. The first-order valence-electron chi connectivity index (χ1n) is 7.00. The monoisotopic (exact) mass is 316 g/mol. The van der Waals surface area contributed by atoms with Gasteiger partial charge in [-0.1, -0.05) is 25.5 Å². The fourth-order valence-corrected chi connectivity index (χ4v) is 3.55. The summed E-state index contributed by atoms with van der Waals surface area (Å²) >= 11 is 0. The zero-order valence-electron chi connectivity index (χ0n) is 12.1. The maximum atomic E-state index is 12.6. The van der Waals surface area contributed by atoms with Gasteiger partial charge in [0.1, 0.15) is 0 Å². The summed E-state index contributed by atoms with van der Waals surface area (Å²) in [4.78, 5) is 4.23. The third-order valence-corrected chi connectivity index (χ3v) is 4.73. The third kappa shape index (κ3) is 2.80. The molecule has 0 aliphatic heterocycles. The van der Waals surface area contributed by atoms with Crippen LogP contribution in [0, 0.1) is 0 Å². The Bertz CT molecular complexity index is 897. The Balaban J connectivity index is 1.97. The van der Waals surface area contributed by atoms with Crippen molar-refractivity contribution < 1.29 is 8.42 Å². The molecule has 7 heteroatoms. The predicted octanol–water partition coefficient (Wildman–Crippen LogP) is 2.71. The van der Waals surface area contributed by atoms with Gasteiger partial charge in [0.05, 0.1) is 4.90 Å². The van der Waals surface area contributed by atoms with Crippen LogP contribution in [0.1, 0.15) is 19.0 Å². The van der Waals surface area contributed by atoms with E-state index in [9.17, 15) is 8.42 Å². The molecular formula is C15H16N4O2S. The van der Waals surface area contributed by atoms with Gasteiger partial charge in [0, 0.05) is 34.9 Å². The molecule has 3 aromatic rings. The van der Waals surface area contributed by atoms with Crippen LogP contribution in [-0.4, -0.2) is 23.6 Å². The predicted molar refractivity (Wildman–Crippen MR) is 85.1 cm³/mol. The van der Waals surface area contributed by atoms with E-state index >= 15 is 0 Å². The summed E-state index contributed by atoms with van der Waals surface area (Å²) in [5.41, 5.74) is 0.905. The zero-order chi connectivity index (χ0) is 15.6. The van der Waals surface area contributed by atoms with E-state index in [1.54, 1.807) is 36.7 Å². The minimum absolute atomic E-state index is 0.215. The summed E-state index contributed by atoms with van der Waals surface area (Å²) in [6, 6.07) is 8.51. The summed E-state index contributed by atoms with van der Waals surface area (Å²) < 4.78 is 27.7. The molecule has 114 valence electrons.